The summed E-state index contributed by atoms with van der Waals surface area (Å²) >= 11 is 7.58. The molecule has 0 unspecified atom stereocenters. The van der Waals surface area contributed by atoms with Crippen molar-refractivity contribution >= 4 is 46.2 Å². The van der Waals surface area contributed by atoms with E-state index >= 15 is 0 Å². The van der Waals surface area contributed by atoms with Crippen LogP contribution in [0.2, 0.25) is 5.02 Å². The van der Waals surface area contributed by atoms with Crippen LogP contribution in [0.5, 0.6) is 0 Å². The zero-order valence-electron chi connectivity index (χ0n) is 9.60. The average molecular weight is 302 g/mol. The molecule has 0 saturated carbocycles. The number of benzene rings is 1. The number of hydrogen-bond acceptors (Lipinski definition) is 4. The second-order valence-electron chi connectivity index (χ2n) is 4.11. The summed E-state index contributed by atoms with van der Waals surface area (Å²) in [5, 5.41) is 1.42. The van der Waals surface area contributed by atoms with Gasteiger partial charge in [-0.25, -0.2) is 4.98 Å². The minimum Gasteiger partial charge on any atom is -0.375 e. The van der Waals surface area contributed by atoms with Gasteiger partial charge in [-0.2, -0.15) is 0 Å². The number of halogens is 2. The van der Waals surface area contributed by atoms with Gasteiger partial charge >= 0.3 is 0 Å². The maximum absolute atomic E-state index is 6.04. The number of nitrogen functional groups attached to an aromatic ring is 1. The van der Waals surface area contributed by atoms with Crippen molar-refractivity contribution in [2.75, 3.05) is 17.2 Å². The molecule has 2 N–H and O–H groups in total. The summed E-state index contributed by atoms with van der Waals surface area (Å²) in [6.45, 7) is 1.90. The highest BCUT2D eigenvalue weighted by Gasteiger charge is 2.19. The van der Waals surface area contributed by atoms with Gasteiger partial charge in [0.15, 0.2) is 5.13 Å². The fourth-order valence-corrected chi connectivity index (χ4v) is 3.03. The lowest BCUT2D eigenvalue weighted by Gasteiger charge is -2.18. The highest BCUT2D eigenvalue weighted by Crippen LogP contribution is 2.32. The molecule has 3 nitrogen and oxygen atoms in total. The summed E-state index contributed by atoms with van der Waals surface area (Å²) in [7, 11) is 0. The summed E-state index contributed by atoms with van der Waals surface area (Å²) in [5.41, 5.74) is 8.25. The Hall–Kier alpha value is -0.970. The first-order valence-corrected chi connectivity index (χ1v) is 6.65. The topological polar surface area (TPSA) is 42.1 Å². The molecule has 1 aliphatic heterocycles. The monoisotopic (exact) mass is 301 g/mol. The van der Waals surface area contributed by atoms with E-state index in [4.69, 9.17) is 17.3 Å². The molecule has 0 saturated heterocycles. The van der Waals surface area contributed by atoms with Crippen LogP contribution in [0.15, 0.2) is 24.4 Å². The molecule has 2 heterocycles. The van der Waals surface area contributed by atoms with Crippen LogP contribution >= 0.6 is 35.3 Å². The highest BCUT2D eigenvalue weighted by atomic mass is 35.5. The van der Waals surface area contributed by atoms with E-state index in [1.807, 2.05) is 18.3 Å². The van der Waals surface area contributed by atoms with Crippen molar-refractivity contribution < 1.29 is 0 Å². The van der Waals surface area contributed by atoms with E-state index in [0.717, 1.165) is 24.5 Å². The SMILES string of the molecule is Cl.Nc1ncc(CN2CCc3ccc(Cl)cc32)s1. The number of aromatic nitrogens is 1. The fourth-order valence-electron chi connectivity index (χ4n) is 2.17. The van der Waals surface area contributed by atoms with Crippen molar-refractivity contribution in [3.05, 3.63) is 39.9 Å². The lowest BCUT2D eigenvalue weighted by molar-refractivity contribution is 0.844. The Labute approximate surface area is 121 Å². The minimum atomic E-state index is 0. The van der Waals surface area contributed by atoms with E-state index in [1.54, 1.807) is 11.3 Å². The lowest BCUT2D eigenvalue weighted by Crippen LogP contribution is -2.18. The second kappa shape index (κ2) is 5.34. The molecule has 0 spiro atoms. The Kier molecular flexibility index (Phi) is 4.00. The quantitative estimate of drug-likeness (QED) is 0.925. The number of nitrogens with zero attached hydrogens (tertiary/aromatic N) is 2. The first-order valence-electron chi connectivity index (χ1n) is 5.46. The Morgan fingerprint density at radius 2 is 2.28 bits per heavy atom. The van der Waals surface area contributed by atoms with Crippen LogP contribution in [0.4, 0.5) is 10.8 Å². The molecule has 0 fully saturated rings. The second-order valence-corrected chi connectivity index (χ2v) is 5.69. The summed E-state index contributed by atoms with van der Waals surface area (Å²) in [4.78, 5) is 7.59. The van der Waals surface area contributed by atoms with Crippen LogP contribution in [0, 0.1) is 0 Å². The smallest absolute Gasteiger partial charge is 0.180 e. The minimum absolute atomic E-state index is 0. The normalized spacial score (nSPS) is 13.3. The van der Waals surface area contributed by atoms with Crippen LogP contribution in [0.3, 0.4) is 0 Å². The molecule has 1 aromatic heterocycles. The molecule has 0 amide bonds. The Bertz CT molecular complexity index is 556. The van der Waals surface area contributed by atoms with Crippen LogP contribution in [-0.4, -0.2) is 11.5 Å². The van der Waals surface area contributed by atoms with Gasteiger partial charge in [0.1, 0.15) is 0 Å². The summed E-state index contributed by atoms with van der Waals surface area (Å²) in [5.74, 6) is 0. The standard InChI is InChI=1S/C12H12ClN3S.ClH/c13-9-2-1-8-3-4-16(11(8)5-9)7-10-6-15-12(14)17-10;/h1-2,5-6H,3-4,7H2,(H2,14,15);1H. The molecule has 3 rings (SSSR count). The molecule has 0 atom stereocenters. The van der Waals surface area contributed by atoms with Crippen LogP contribution in [-0.2, 0) is 13.0 Å². The average Bonchev–Trinajstić information content (AvgIpc) is 2.87. The third-order valence-electron chi connectivity index (χ3n) is 2.96. The van der Waals surface area contributed by atoms with E-state index < -0.39 is 0 Å². The number of hydrogen-bond donors (Lipinski definition) is 1. The van der Waals surface area contributed by atoms with Gasteiger partial charge in [0.2, 0.25) is 0 Å². The van der Waals surface area contributed by atoms with Gasteiger partial charge in [-0.05, 0) is 24.1 Å². The molecule has 1 aromatic carbocycles. The van der Waals surface area contributed by atoms with Gasteiger partial charge in [-0.1, -0.05) is 17.7 Å². The number of nitrogens with two attached hydrogens (primary N) is 1. The van der Waals surface area contributed by atoms with Crippen molar-refractivity contribution in [3.8, 4) is 0 Å². The van der Waals surface area contributed by atoms with E-state index in [-0.39, 0.29) is 12.4 Å². The first kappa shape index (κ1) is 13.5. The third-order valence-corrected chi connectivity index (χ3v) is 4.00. The lowest BCUT2D eigenvalue weighted by atomic mass is 10.2. The van der Waals surface area contributed by atoms with Gasteiger partial charge in [0, 0.05) is 28.3 Å². The number of thiazole rings is 1. The van der Waals surface area contributed by atoms with Crippen molar-refractivity contribution in [2.24, 2.45) is 0 Å². The number of anilines is 2. The molecule has 2 aromatic rings. The summed E-state index contributed by atoms with van der Waals surface area (Å²) in [6.07, 6.45) is 2.93. The van der Waals surface area contributed by atoms with Crippen molar-refractivity contribution in [1.29, 1.82) is 0 Å². The number of rotatable bonds is 2. The third kappa shape index (κ3) is 2.55. The largest absolute Gasteiger partial charge is 0.375 e. The Morgan fingerprint density at radius 1 is 1.44 bits per heavy atom. The molecule has 96 valence electrons. The molecular formula is C12H13Cl2N3S. The van der Waals surface area contributed by atoms with Crippen LogP contribution < -0.4 is 10.6 Å². The molecule has 18 heavy (non-hydrogen) atoms. The van der Waals surface area contributed by atoms with Crippen LogP contribution in [0.25, 0.3) is 0 Å². The molecule has 0 bridgehead atoms. The van der Waals surface area contributed by atoms with Gasteiger partial charge in [0.05, 0.1) is 6.54 Å². The van der Waals surface area contributed by atoms with Gasteiger partial charge in [-0.3, -0.25) is 0 Å². The molecule has 0 radical (unpaired) electrons. The molecule has 6 heteroatoms. The van der Waals surface area contributed by atoms with Crippen molar-refractivity contribution in [1.82, 2.24) is 4.98 Å². The maximum Gasteiger partial charge on any atom is 0.180 e. The zero-order chi connectivity index (χ0) is 11.8. The maximum atomic E-state index is 6.04. The molecule has 1 aliphatic rings. The number of fused-ring (bicyclic) bond motifs is 1. The summed E-state index contributed by atoms with van der Waals surface area (Å²) in [6, 6.07) is 6.10. The predicted molar refractivity (Wildman–Crippen MR) is 80.0 cm³/mol. The van der Waals surface area contributed by atoms with Gasteiger partial charge in [-0.15, -0.1) is 23.7 Å². The molecule has 0 aliphatic carbocycles. The van der Waals surface area contributed by atoms with E-state index in [2.05, 4.69) is 16.0 Å². The first-order chi connectivity index (χ1) is 8.22. The molecular weight excluding hydrogens is 289 g/mol. The predicted octanol–water partition coefficient (Wildman–Crippen LogP) is 3.36. The Balaban J connectivity index is 0.00000120. The van der Waals surface area contributed by atoms with E-state index in [0.29, 0.717) is 5.13 Å². The zero-order valence-corrected chi connectivity index (χ0v) is 12.0. The fraction of sp³-hybridized carbons (Fsp3) is 0.250. The van der Waals surface area contributed by atoms with Crippen molar-refractivity contribution in [3.63, 3.8) is 0 Å². The van der Waals surface area contributed by atoms with Gasteiger partial charge < -0.3 is 10.6 Å². The van der Waals surface area contributed by atoms with Crippen molar-refractivity contribution in [2.45, 2.75) is 13.0 Å². The summed E-state index contributed by atoms with van der Waals surface area (Å²) < 4.78 is 0. The van der Waals surface area contributed by atoms with Crippen LogP contribution in [0.1, 0.15) is 10.4 Å². The Morgan fingerprint density at radius 3 is 3.00 bits per heavy atom. The van der Waals surface area contributed by atoms with E-state index in [1.165, 1.54) is 16.1 Å². The van der Waals surface area contributed by atoms with E-state index in [9.17, 15) is 0 Å². The van der Waals surface area contributed by atoms with Gasteiger partial charge in [0.25, 0.3) is 0 Å². The highest BCUT2D eigenvalue weighted by molar-refractivity contribution is 7.15.